The number of nitrogens with zero attached hydrogens (tertiary/aromatic N) is 2. The summed E-state index contributed by atoms with van der Waals surface area (Å²) < 4.78 is 0. The Labute approximate surface area is 60.2 Å². The first-order chi connectivity index (χ1) is 4.35. The van der Waals surface area contributed by atoms with E-state index in [4.69, 9.17) is 5.26 Å². The van der Waals surface area contributed by atoms with Crippen LogP contribution < -0.4 is 0 Å². The van der Waals surface area contributed by atoms with Crippen LogP contribution in [-0.4, -0.2) is 17.6 Å². The van der Waals surface area contributed by atoms with Gasteiger partial charge in [0, 0.05) is 5.37 Å². The van der Waals surface area contributed by atoms with Crippen molar-refractivity contribution in [2.75, 3.05) is 6.54 Å². The third-order valence-electron chi connectivity index (χ3n) is 0.821. The topological polar surface area (TPSA) is 36.1 Å². The lowest BCUT2D eigenvalue weighted by atomic mass is 10.3. The smallest absolute Gasteiger partial charge is 0.114 e. The third kappa shape index (κ3) is 3.80. The number of nitriles is 1. The van der Waals surface area contributed by atoms with Crippen molar-refractivity contribution in [1.82, 2.24) is 0 Å². The standard InChI is InChI=1S/C6H8N2S/c1-2-6(5-7)8-3-4-9/h4H,2-3H2,1H3. The molecule has 0 aliphatic heterocycles. The van der Waals surface area contributed by atoms with Gasteiger partial charge in [0.15, 0.2) is 0 Å². The summed E-state index contributed by atoms with van der Waals surface area (Å²) in [4.78, 5) is 3.88. The first kappa shape index (κ1) is 8.25. The molecule has 0 saturated heterocycles. The summed E-state index contributed by atoms with van der Waals surface area (Å²) in [7, 11) is 0. The molecule has 0 aromatic carbocycles. The third-order valence-corrected chi connectivity index (χ3v) is 0.970. The molecule has 0 N–H and O–H groups in total. The Morgan fingerprint density at radius 2 is 2.56 bits per heavy atom. The Morgan fingerprint density at radius 3 is 2.89 bits per heavy atom. The van der Waals surface area contributed by atoms with Gasteiger partial charge in [-0.2, -0.15) is 5.26 Å². The van der Waals surface area contributed by atoms with Crippen molar-refractivity contribution in [2.45, 2.75) is 13.3 Å². The van der Waals surface area contributed by atoms with Crippen molar-refractivity contribution >= 4 is 23.3 Å². The minimum absolute atomic E-state index is 0.478. The SMILES string of the molecule is CCC(C#N)=NCC=S. The zero-order valence-corrected chi connectivity index (χ0v) is 6.11. The van der Waals surface area contributed by atoms with Gasteiger partial charge >= 0.3 is 0 Å². The van der Waals surface area contributed by atoms with Gasteiger partial charge in [-0.05, 0) is 6.42 Å². The molecule has 0 spiro atoms. The van der Waals surface area contributed by atoms with Crippen LogP contribution in [0.1, 0.15) is 13.3 Å². The second-order valence-electron chi connectivity index (χ2n) is 1.42. The molecular formula is C6H8N2S. The number of aliphatic imine (C=N–C) groups is 1. The van der Waals surface area contributed by atoms with Crippen molar-refractivity contribution in [3.8, 4) is 6.07 Å². The van der Waals surface area contributed by atoms with E-state index in [-0.39, 0.29) is 0 Å². The Balaban J connectivity index is 3.79. The van der Waals surface area contributed by atoms with E-state index >= 15 is 0 Å². The first-order valence-corrected chi connectivity index (χ1v) is 3.19. The zero-order chi connectivity index (χ0) is 7.11. The normalized spacial score (nSPS) is 10.4. The van der Waals surface area contributed by atoms with Gasteiger partial charge < -0.3 is 0 Å². The molecule has 0 aromatic rings. The predicted octanol–water partition coefficient (Wildman–Crippen LogP) is 1.36. The molecule has 0 aliphatic rings. The van der Waals surface area contributed by atoms with E-state index in [2.05, 4.69) is 17.2 Å². The van der Waals surface area contributed by atoms with Crippen LogP contribution in [0.4, 0.5) is 0 Å². The molecule has 0 heterocycles. The summed E-state index contributed by atoms with van der Waals surface area (Å²) >= 11 is 4.52. The Morgan fingerprint density at radius 1 is 1.89 bits per heavy atom. The fourth-order valence-corrected chi connectivity index (χ4v) is 0.448. The van der Waals surface area contributed by atoms with E-state index in [0.29, 0.717) is 18.7 Å². The summed E-state index contributed by atoms with van der Waals surface area (Å²) in [5.41, 5.74) is 0.566. The molecule has 0 fully saturated rings. The quantitative estimate of drug-likeness (QED) is 0.438. The van der Waals surface area contributed by atoms with Crippen molar-refractivity contribution in [3.63, 3.8) is 0 Å². The van der Waals surface area contributed by atoms with Crippen molar-refractivity contribution in [3.05, 3.63) is 0 Å². The summed E-state index contributed by atoms with van der Waals surface area (Å²) in [6, 6.07) is 1.97. The van der Waals surface area contributed by atoms with E-state index < -0.39 is 0 Å². The van der Waals surface area contributed by atoms with Crippen LogP contribution in [0.3, 0.4) is 0 Å². The van der Waals surface area contributed by atoms with Crippen LogP contribution in [0.15, 0.2) is 4.99 Å². The van der Waals surface area contributed by atoms with Crippen LogP contribution in [-0.2, 0) is 0 Å². The minimum atomic E-state index is 0.478. The number of hydrogen-bond donors (Lipinski definition) is 0. The highest BCUT2D eigenvalue weighted by molar-refractivity contribution is 7.79. The van der Waals surface area contributed by atoms with Gasteiger partial charge in [0.2, 0.25) is 0 Å². The van der Waals surface area contributed by atoms with Crippen LogP contribution in [0.5, 0.6) is 0 Å². The number of rotatable bonds is 3. The highest BCUT2D eigenvalue weighted by Gasteiger charge is 1.87. The Kier molecular flexibility index (Phi) is 4.94. The molecule has 0 rings (SSSR count). The van der Waals surface area contributed by atoms with Gasteiger partial charge in [0.05, 0.1) is 6.54 Å². The lowest BCUT2D eigenvalue weighted by Gasteiger charge is -1.85. The molecule has 0 unspecified atom stereocenters. The van der Waals surface area contributed by atoms with Gasteiger partial charge in [-0.15, -0.1) is 0 Å². The van der Waals surface area contributed by atoms with Crippen LogP contribution in [0, 0.1) is 11.3 Å². The fourth-order valence-electron chi connectivity index (χ4n) is 0.374. The maximum absolute atomic E-state index is 8.32. The molecule has 0 bridgehead atoms. The van der Waals surface area contributed by atoms with Gasteiger partial charge in [-0.25, -0.2) is 0 Å². The molecule has 0 aliphatic carbocycles. The van der Waals surface area contributed by atoms with E-state index in [1.165, 1.54) is 5.37 Å². The molecule has 0 radical (unpaired) electrons. The molecule has 0 amide bonds. The summed E-state index contributed by atoms with van der Waals surface area (Å²) in [6.07, 6.45) is 0.694. The Bertz CT molecular complexity index is 155. The Hall–Kier alpha value is -0.750. The monoisotopic (exact) mass is 140 g/mol. The number of thiocarbonyl (C=S) groups is 1. The highest BCUT2D eigenvalue weighted by atomic mass is 32.1. The minimum Gasteiger partial charge on any atom is -0.274 e. The lowest BCUT2D eigenvalue weighted by Crippen LogP contribution is -1.92. The molecule has 48 valence electrons. The predicted molar refractivity (Wildman–Crippen MR) is 41.9 cm³/mol. The molecule has 0 atom stereocenters. The maximum Gasteiger partial charge on any atom is 0.114 e. The van der Waals surface area contributed by atoms with E-state index in [1.807, 2.05) is 13.0 Å². The average molecular weight is 140 g/mol. The molecule has 0 aromatic heterocycles. The summed E-state index contributed by atoms with van der Waals surface area (Å²) in [5.74, 6) is 0. The maximum atomic E-state index is 8.32. The second-order valence-corrected chi connectivity index (χ2v) is 1.75. The van der Waals surface area contributed by atoms with Crippen LogP contribution in [0.25, 0.3) is 0 Å². The van der Waals surface area contributed by atoms with E-state index in [0.717, 1.165) is 0 Å². The highest BCUT2D eigenvalue weighted by Crippen LogP contribution is 1.82. The van der Waals surface area contributed by atoms with E-state index in [1.54, 1.807) is 0 Å². The number of hydrogen-bond acceptors (Lipinski definition) is 3. The van der Waals surface area contributed by atoms with Crippen molar-refractivity contribution in [1.29, 1.82) is 5.26 Å². The summed E-state index contributed by atoms with van der Waals surface area (Å²) in [6.45, 7) is 2.37. The molecule has 9 heavy (non-hydrogen) atoms. The molecule has 3 heteroatoms. The van der Waals surface area contributed by atoms with Gasteiger partial charge in [-0.1, -0.05) is 19.1 Å². The molecule has 2 nitrogen and oxygen atoms in total. The lowest BCUT2D eigenvalue weighted by molar-refractivity contribution is 1.23. The van der Waals surface area contributed by atoms with E-state index in [9.17, 15) is 0 Å². The average Bonchev–Trinajstić information content (AvgIpc) is 1.91. The first-order valence-electron chi connectivity index (χ1n) is 2.72. The van der Waals surface area contributed by atoms with Gasteiger partial charge in [-0.3, -0.25) is 4.99 Å². The van der Waals surface area contributed by atoms with Crippen LogP contribution in [0.2, 0.25) is 0 Å². The second kappa shape index (κ2) is 5.39. The molecular weight excluding hydrogens is 132 g/mol. The summed E-state index contributed by atoms with van der Waals surface area (Å²) in [5, 5.41) is 9.83. The van der Waals surface area contributed by atoms with Crippen molar-refractivity contribution < 1.29 is 0 Å². The van der Waals surface area contributed by atoms with Gasteiger partial charge in [0.25, 0.3) is 0 Å². The largest absolute Gasteiger partial charge is 0.274 e. The molecule has 0 saturated carbocycles. The fraction of sp³-hybridized carbons (Fsp3) is 0.500. The van der Waals surface area contributed by atoms with Crippen LogP contribution >= 0.6 is 12.2 Å². The van der Waals surface area contributed by atoms with Gasteiger partial charge in [0.1, 0.15) is 11.8 Å². The van der Waals surface area contributed by atoms with Crippen molar-refractivity contribution in [2.24, 2.45) is 4.99 Å². The zero-order valence-electron chi connectivity index (χ0n) is 5.29.